The highest BCUT2D eigenvalue weighted by molar-refractivity contribution is 5.89. The van der Waals surface area contributed by atoms with Gasteiger partial charge in [-0.2, -0.15) is 0 Å². The fraction of sp³-hybridized carbons (Fsp3) is 0.667. The van der Waals surface area contributed by atoms with Crippen molar-refractivity contribution in [3.63, 3.8) is 0 Å². The Balaban J connectivity index is 1.48. The third kappa shape index (κ3) is 4.34. The molecule has 4 heteroatoms. The molecule has 0 bridgehead atoms. The first-order valence-electron chi connectivity index (χ1n) is 12.0. The first-order valence-corrected chi connectivity index (χ1v) is 12.0. The average Bonchev–Trinajstić information content (AvgIpc) is 3.22. The van der Waals surface area contributed by atoms with Crippen LogP contribution in [0.4, 0.5) is 0 Å². The van der Waals surface area contributed by atoms with Gasteiger partial charge in [0.1, 0.15) is 6.10 Å². The summed E-state index contributed by atoms with van der Waals surface area (Å²) in [6.07, 6.45) is 11.8. The van der Waals surface area contributed by atoms with Crippen LogP contribution in [0.5, 0.6) is 0 Å². The number of aliphatic hydroxyl groups is 2. The van der Waals surface area contributed by atoms with Gasteiger partial charge in [0.15, 0.2) is 0 Å². The van der Waals surface area contributed by atoms with E-state index in [1.807, 2.05) is 0 Å². The summed E-state index contributed by atoms with van der Waals surface area (Å²) in [5.74, 6) is 1.51. The summed E-state index contributed by atoms with van der Waals surface area (Å²) in [6, 6.07) is 0. The van der Waals surface area contributed by atoms with Crippen LogP contribution in [-0.2, 0) is 9.53 Å². The number of carbonyl (C=O) groups is 1. The van der Waals surface area contributed by atoms with Crippen molar-refractivity contribution in [1.29, 1.82) is 0 Å². The van der Waals surface area contributed by atoms with E-state index in [1.165, 1.54) is 31.3 Å². The van der Waals surface area contributed by atoms with Crippen molar-refractivity contribution in [3.8, 4) is 0 Å². The lowest BCUT2D eigenvalue weighted by atomic mass is 9.60. The first kappa shape index (κ1) is 22.5. The summed E-state index contributed by atoms with van der Waals surface area (Å²) in [6.45, 7) is 12.7. The number of aliphatic hydroxyl groups excluding tert-OH is 2. The van der Waals surface area contributed by atoms with Crippen LogP contribution >= 0.6 is 0 Å². The molecule has 4 fully saturated rings. The molecular formula is C27H38O4. The van der Waals surface area contributed by atoms with Crippen LogP contribution in [0, 0.1) is 23.2 Å². The molecule has 0 unspecified atom stereocenters. The lowest BCUT2D eigenvalue weighted by Gasteiger charge is -2.44. The van der Waals surface area contributed by atoms with Crippen LogP contribution in [0.25, 0.3) is 0 Å². The number of cyclic esters (lactones) is 1. The maximum Gasteiger partial charge on any atom is 0.333 e. The van der Waals surface area contributed by atoms with Gasteiger partial charge in [0, 0.05) is 18.4 Å². The predicted molar refractivity (Wildman–Crippen MR) is 122 cm³/mol. The number of hydrogen-bond acceptors (Lipinski definition) is 4. The van der Waals surface area contributed by atoms with Gasteiger partial charge in [-0.25, -0.2) is 4.79 Å². The van der Waals surface area contributed by atoms with E-state index >= 15 is 0 Å². The molecule has 1 heterocycles. The van der Waals surface area contributed by atoms with Crippen molar-refractivity contribution in [2.24, 2.45) is 23.2 Å². The molecule has 0 aromatic rings. The number of allylic oxidation sites excluding steroid dienone is 3. The largest absolute Gasteiger partial charge is 0.459 e. The third-order valence-electron chi connectivity index (χ3n) is 8.66. The van der Waals surface area contributed by atoms with Gasteiger partial charge < -0.3 is 14.9 Å². The summed E-state index contributed by atoms with van der Waals surface area (Å²) in [5.41, 5.74) is 4.15. The summed E-state index contributed by atoms with van der Waals surface area (Å²) in [7, 11) is 0. The fourth-order valence-electron chi connectivity index (χ4n) is 7.02. The van der Waals surface area contributed by atoms with E-state index in [0.717, 1.165) is 24.0 Å². The van der Waals surface area contributed by atoms with Crippen LogP contribution < -0.4 is 0 Å². The van der Waals surface area contributed by atoms with E-state index in [9.17, 15) is 15.0 Å². The van der Waals surface area contributed by atoms with Gasteiger partial charge in [-0.15, -0.1) is 0 Å². The molecule has 3 saturated carbocycles. The summed E-state index contributed by atoms with van der Waals surface area (Å²) < 4.78 is 5.52. The molecule has 4 nitrogen and oxygen atoms in total. The number of esters is 1. The van der Waals surface area contributed by atoms with Crippen molar-refractivity contribution < 1.29 is 19.7 Å². The molecule has 0 amide bonds. The van der Waals surface area contributed by atoms with Gasteiger partial charge in [0.05, 0.1) is 12.2 Å². The molecule has 4 aliphatic rings. The molecule has 0 spiro atoms. The fourth-order valence-corrected chi connectivity index (χ4v) is 7.02. The normalized spacial score (nSPS) is 42.2. The van der Waals surface area contributed by atoms with Gasteiger partial charge in [-0.1, -0.05) is 44.7 Å². The smallest absolute Gasteiger partial charge is 0.333 e. The molecule has 0 aromatic carbocycles. The van der Waals surface area contributed by atoms with E-state index in [1.54, 1.807) is 0 Å². The molecule has 2 N–H and O–H groups in total. The SMILES string of the molecule is C=C1C[C@H](C[C@@H](C)[C@H]2CC[C@H]3/C(=C/C=C4\C[C@@H](O)C[C@H](O)C4=C)CCC[C@]23C)OC1=O. The van der Waals surface area contributed by atoms with E-state index in [2.05, 4.69) is 39.2 Å². The lowest BCUT2D eigenvalue weighted by Crippen LogP contribution is -2.36. The zero-order valence-electron chi connectivity index (χ0n) is 19.1. The van der Waals surface area contributed by atoms with E-state index < -0.39 is 12.2 Å². The van der Waals surface area contributed by atoms with Crippen LogP contribution in [-0.4, -0.2) is 34.5 Å². The van der Waals surface area contributed by atoms with Gasteiger partial charge in [0.2, 0.25) is 0 Å². The van der Waals surface area contributed by atoms with Crippen LogP contribution in [0.3, 0.4) is 0 Å². The average molecular weight is 427 g/mol. The Hall–Kier alpha value is -1.65. The molecule has 170 valence electrons. The van der Waals surface area contributed by atoms with Crippen LogP contribution in [0.2, 0.25) is 0 Å². The summed E-state index contributed by atoms with van der Waals surface area (Å²) in [4.78, 5) is 11.7. The second-order valence-electron chi connectivity index (χ2n) is 10.7. The minimum atomic E-state index is -0.637. The molecule has 1 saturated heterocycles. The number of fused-ring (bicyclic) bond motifs is 1. The van der Waals surface area contributed by atoms with E-state index in [4.69, 9.17) is 4.74 Å². The standard InChI is InChI=1S/C27H38O4/c1-16(12-22-13-17(2)26(30)31-22)23-9-10-24-19(6-5-11-27(23,24)4)7-8-20-14-21(28)15-25(29)18(20)3/h7-8,16,21-25,28-29H,2-3,5-6,9-15H2,1,4H3/b19-7+,20-8+/t16-,21-,22+,23-,24+,25+,27-/m1/s1. The Morgan fingerprint density at radius 1 is 1.23 bits per heavy atom. The Morgan fingerprint density at radius 2 is 2.00 bits per heavy atom. The summed E-state index contributed by atoms with van der Waals surface area (Å²) in [5, 5.41) is 20.2. The first-order chi connectivity index (χ1) is 14.7. The van der Waals surface area contributed by atoms with E-state index in [-0.39, 0.29) is 17.5 Å². The molecule has 31 heavy (non-hydrogen) atoms. The van der Waals surface area contributed by atoms with Gasteiger partial charge in [0.25, 0.3) is 0 Å². The second kappa shape index (κ2) is 8.71. The van der Waals surface area contributed by atoms with Crippen molar-refractivity contribution in [2.75, 3.05) is 0 Å². The number of ether oxygens (including phenoxy) is 1. The van der Waals surface area contributed by atoms with Gasteiger partial charge in [-0.05, 0) is 79.3 Å². The second-order valence-corrected chi connectivity index (χ2v) is 10.7. The highest BCUT2D eigenvalue weighted by Gasteiger charge is 2.51. The highest BCUT2D eigenvalue weighted by Crippen LogP contribution is 2.60. The Morgan fingerprint density at radius 3 is 2.71 bits per heavy atom. The predicted octanol–water partition coefficient (Wildman–Crippen LogP) is 5.03. The Kier molecular flexibility index (Phi) is 6.33. The van der Waals surface area contributed by atoms with Crippen molar-refractivity contribution in [1.82, 2.24) is 0 Å². The number of hydrogen-bond donors (Lipinski definition) is 2. The molecule has 0 aromatic heterocycles. The topological polar surface area (TPSA) is 66.8 Å². The minimum Gasteiger partial charge on any atom is -0.459 e. The molecule has 4 rings (SSSR count). The number of carbonyl (C=O) groups excluding carboxylic acids is 1. The maximum atomic E-state index is 11.7. The zero-order valence-corrected chi connectivity index (χ0v) is 19.1. The molecule has 1 aliphatic heterocycles. The maximum absolute atomic E-state index is 11.7. The lowest BCUT2D eigenvalue weighted by molar-refractivity contribution is -0.139. The molecule has 3 aliphatic carbocycles. The van der Waals surface area contributed by atoms with Crippen molar-refractivity contribution in [3.05, 3.63) is 47.6 Å². The highest BCUT2D eigenvalue weighted by atomic mass is 16.5. The number of rotatable bonds is 4. The van der Waals surface area contributed by atoms with Crippen LogP contribution in [0.15, 0.2) is 47.6 Å². The Bertz CT molecular complexity index is 805. The van der Waals surface area contributed by atoms with E-state index in [0.29, 0.717) is 42.6 Å². The molecular weight excluding hydrogens is 388 g/mol. The quantitative estimate of drug-likeness (QED) is 0.489. The molecule has 7 atom stereocenters. The zero-order chi connectivity index (χ0) is 22.3. The monoisotopic (exact) mass is 426 g/mol. The molecule has 0 radical (unpaired) electrons. The third-order valence-corrected chi connectivity index (χ3v) is 8.66. The van der Waals surface area contributed by atoms with Crippen LogP contribution in [0.1, 0.15) is 71.6 Å². The van der Waals surface area contributed by atoms with Crippen molar-refractivity contribution >= 4 is 5.97 Å². The minimum absolute atomic E-state index is 0.00356. The Labute approximate surface area is 186 Å². The summed E-state index contributed by atoms with van der Waals surface area (Å²) >= 11 is 0. The van der Waals surface area contributed by atoms with Gasteiger partial charge in [-0.3, -0.25) is 0 Å². The van der Waals surface area contributed by atoms with Crippen molar-refractivity contribution in [2.45, 2.75) is 89.9 Å². The van der Waals surface area contributed by atoms with Gasteiger partial charge >= 0.3 is 5.97 Å².